The van der Waals surface area contributed by atoms with Gasteiger partial charge < -0.3 is 48.7 Å². The number of benzene rings is 10. The van der Waals surface area contributed by atoms with E-state index in [-0.39, 0.29) is 17.3 Å². The van der Waals surface area contributed by atoms with Crippen molar-refractivity contribution in [2.24, 2.45) is 0 Å². The van der Waals surface area contributed by atoms with Crippen LogP contribution in [0.2, 0.25) is 0 Å². The fourth-order valence-corrected chi connectivity index (χ4v) is 13.0. The Balaban J connectivity index is 0.000000133. The molecule has 6 heterocycles. The molecular formula is C91H90N6O13. The summed E-state index contributed by atoms with van der Waals surface area (Å²) in [5, 5.41) is 42.5. The number of aryl methyl sites for hydroxylation is 1. The van der Waals surface area contributed by atoms with Crippen molar-refractivity contribution in [3.63, 3.8) is 0 Å². The molecule has 0 aliphatic carbocycles. The van der Waals surface area contributed by atoms with Gasteiger partial charge in [-0.25, -0.2) is 29.3 Å². The number of ketones is 3. The highest BCUT2D eigenvalue weighted by Crippen LogP contribution is 2.30. The number of H-pyrrole nitrogens is 2. The standard InChI is InChI=1S/C19H19NO3.C18H17NO3.C18H17NO.C17H17NO2.C10H11NO2.C9H9NO2/c1-14(21)18-12-20(11-15-6-4-3-5-7-15)19-9-8-16(10-17(18)19)13-23-22-2;1-12(20)16-11-19(10-13-5-3-2-4-6-13)17-8-7-14(18(21)22)9-15(16)17;1-13-8-9-18-16(10-13)17(14(2)20)12-19(18)11-15-6-4-3-5-7-15;1-19-20-13-15-7-8-17-16(11-15)9-10-18(17)12-14-5-3-2-4-6-14;1-12-13-7-8-2-3-10-9(6-8)4-5-11-10;11-9(12)7-1-2-8-6(5-7)3-4-10-8/h3-10,12H,11,13H2,1-2H3;2-9,11,18,21-22H,10H2,1H3;3-10,12H,11H2,1-2H3;2-11H,12-13H2,1H3;2-6,11H,7H2,1H3;1-5,9-12H. The number of fused-ring (bicyclic) bond motifs is 6. The summed E-state index contributed by atoms with van der Waals surface area (Å²) in [6.07, 6.45) is 8.67. The lowest BCUT2D eigenvalue weighted by Gasteiger charge is -2.07. The first-order valence-electron chi connectivity index (χ1n) is 35.9. The molecule has 10 aromatic carbocycles. The molecule has 0 spiro atoms. The van der Waals surface area contributed by atoms with Crippen LogP contribution in [-0.2, 0) is 75.3 Å². The number of hydrogen-bond donors (Lipinski definition) is 6. The van der Waals surface area contributed by atoms with Crippen LogP contribution in [0, 0.1) is 6.92 Å². The summed E-state index contributed by atoms with van der Waals surface area (Å²) in [7, 11) is 4.51. The molecule has 0 amide bonds. The molecule has 0 saturated heterocycles. The Labute approximate surface area is 637 Å². The number of rotatable bonds is 22. The average Bonchev–Trinajstić information content (AvgIpc) is 1.65. The molecule has 19 heteroatoms. The summed E-state index contributed by atoms with van der Waals surface area (Å²) in [4.78, 5) is 70.4. The van der Waals surface area contributed by atoms with E-state index in [1.165, 1.54) is 66.8 Å². The molecule has 0 radical (unpaired) electrons. The predicted octanol–water partition coefficient (Wildman–Crippen LogP) is 18.2. The Morgan fingerprint density at radius 3 is 1.13 bits per heavy atom. The maximum atomic E-state index is 12.0. The Hall–Kier alpha value is -12.0. The first-order valence-corrected chi connectivity index (χ1v) is 35.9. The smallest absolute Gasteiger partial charge is 0.178 e. The molecule has 110 heavy (non-hydrogen) atoms. The zero-order valence-electron chi connectivity index (χ0n) is 62.5. The Bertz CT molecular complexity index is 5660. The van der Waals surface area contributed by atoms with Gasteiger partial charge in [-0.3, -0.25) is 14.4 Å². The summed E-state index contributed by atoms with van der Waals surface area (Å²) < 4.78 is 8.53. The van der Waals surface area contributed by atoms with Crippen LogP contribution in [0.1, 0.15) is 120 Å². The molecule has 16 aromatic rings. The SMILES string of the molecule is CC(=O)c1cn(Cc2ccccc2)c2ccc(C(O)O)cc12.CC(=O)c1cn(Cc2ccccc2)c2ccc(C)cc12.COOCc1ccc2[nH]ccc2c1.COOCc1ccc2c(c1)c(C(C)=O)cn2Cc1ccccc1.COOCc1ccc2c(ccn2Cc2ccccc2)c1.OC(O)c1ccc2[nH]ccc2c1. The third-order valence-electron chi connectivity index (χ3n) is 18.5. The molecule has 0 fully saturated rings. The van der Waals surface area contributed by atoms with Crippen LogP contribution < -0.4 is 0 Å². The summed E-state index contributed by atoms with van der Waals surface area (Å²) in [5.74, 6) is 0.139. The topological polar surface area (TPSA) is 239 Å². The second-order valence-corrected chi connectivity index (χ2v) is 26.4. The molecule has 0 atom stereocenters. The third-order valence-corrected chi connectivity index (χ3v) is 18.5. The first kappa shape index (κ1) is 79.1. The Kier molecular flexibility index (Phi) is 27.8. The van der Waals surface area contributed by atoms with Gasteiger partial charge in [-0.2, -0.15) is 0 Å². The van der Waals surface area contributed by atoms with Crippen molar-refractivity contribution in [1.82, 2.24) is 28.2 Å². The molecule has 6 aromatic heterocycles. The number of nitrogens with one attached hydrogen (secondary N) is 2. The molecule has 0 unspecified atom stereocenters. The van der Waals surface area contributed by atoms with Crippen molar-refractivity contribution in [3.8, 4) is 0 Å². The molecule has 0 aliphatic heterocycles. The number of aromatic amines is 2. The van der Waals surface area contributed by atoms with E-state index in [0.717, 1.165) is 102 Å². The number of nitrogens with zero attached hydrogens (tertiary/aromatic N) is 4. The highest BCUT2D eigenvalue weighted by atomic mass is 17.2. The fourth-order valence-electron chi connectivity index (χ4n) is 13.0. The molecule has 0 saturated carbocycles. The van der Waals surface area contributed by atoms with Crippen molar-refractivity contribution >= 4 is 82.8 Å². The van der Waals surface area contributed by atoms with Gasteiger partial charge in [0.05, 0.1) is 21.3 Å². The molecule has 0 aliphatic rings. The third kappa shape index (κ3) is 21.0. The highest BCUT2D eigenvalue weighted by molar-refractivity contribution is 6.09. The van der Waals surface area contributed by atoms with Crippen LogP contribution in [0.15, 0.2) is 286 Å². The molecule has 0 bridgehead atoms. The number of hydrogen-bond acceptors (Lipinski definition) is 13. The van der Waals surface area contributed by atoms with Gasteiger partial charge >= 0.3 is 0 Å². The van der Waals surface area contributed by atoms with Crippen LogP contribution in [0.3, 0.4) is 0 Å². The molecule has 6 N–H and O–H groups in total. The minimum Gasteiger partial charge on any atom is -0.364 e. The Morgan fingerprint density at radius 2 is 0.691 bits per heavy atom. The van der Waals surface area contributed by atoms with E-state index < -0.39 is 12.6 Å². The minimum absolute atomic E-state index is 0.0404. The van der Waals surface area contributed by atoms with Gasteiger partial charge in [0.25, 0.3) is 0 Å². The van der Waals surface area contributed by atoms with Gasteiger partial charge in [-0.1, -0.05) is 163 Å². The quantitative estimate of drug-likeness (QED) is 0.0160. The van der Waals surface area contributed by atoms with Crippen molar-refractivity contribution in [2.75, 3.05) is 21.3 Å². The van der Waals surface area contributed by atoms with Crippen LogP contribution in [0.25, 0.3) is 65.4 Å². The molecule has 19 nitrogen and oxygen atoms in total. The summed E-state index contributed by atoms with van der Waals surface area (Å²) >= 11 is 0. The highest BCUT2D eigenvalue weighted by Gasteiger charge is 2.18. The first-order chi connectivity index (χ1) is 53.4. The maximum Gasteiger partial charge on any atom is 0.178 e. The zero-order valence-corrected chi connectivity index (χ0v) is 62.5. The number of aliphatic hydroxyl groups is 4. The zero-order chi connectivity index (χ0) is 77.5. The van der Waals surface area contributed by atoms with Gasteiger partial charge in [-0.05, 0) is 174 Å². The van der Waals surface area contributed by atoms with Crippen molar-refractivity contribution in [3.05, 3.63) is 358 Å². The van der Waals surface area contributed by atoms with Crippen molar-refractivity contribution in [2.45, 2.75) is 86.3 Å². The Morgan fingerprint density at radius 1 is 0.345 bits per heavy atom. The predicted molar refractivity (Wildman–Crippen MR) is 431 cm³/mol. The number of carbonyl (C=O) groups is 3. The lowest BCUT2D eigenvalue weighted by Crippen LogP contribution is -1.98. The average molecular weight is 1480 g/mol. The van der Waals surface area contributed by atoms with E-state index in [1.807, 2.05) is 163 Å². The van der Waals surface area contributed by atoms with Crippen molar-refractivity contribution in [1.29, 1.82) is 0 Å². The van der Waals surface area contributed by atoms with Crippen molar-refractivity contribution < 1.29 is 64.1 Å². The number of Topliss-reactive ketones (excluding diaryl/α,β-unsaturated/α-hetero) is 3. The number of carbonyl (C=O) groups excluding carboxylic acids is 3. The van der Waals surface area contributed by atoms with E-state index in [1.54, 1.807) is 38.1 Å². The van der Waals surface area contributed by atoms with Gasteiger partial charge in [0.2, 0.25) is 0 Å². The monoisotopic (exact) mass is 1470 g/mol. The summed E-state index contributed by atoms with van der Waals surface area (Å²) in [6, 6.07) is 82.2. The van der Waals surface area contributed by atoms with Gasteiger partial charge in [0, 0.05) is 140 Å². The van der Waals surface area contributed by atoms with Crippen LogP contribution in [-0.4, -0.2) is 87.3 Å². The lowest BCUT2D eigenvalue weighted by atomic mass is 10.1. The van der Waals surface area contributed by atoms with Crippen LogP contribution in [0.5, 0.6) is 0 Å². The van der Waals surface area contributed by atoms with E-state index >= 15 is 0 Å². The van der Waals surface area contributed by atoms with E-state index in [9.17, 15) is 24.6 Å². The summed E-state index contributed by atoms with van der Waals surface area (Å²) in [5.41, 5.74) is 18.7. The lowest BCUT2D eigenvalue weighted by molar-refractivity contribution is -0.282. The van der Waals surface area contributed by atoms with Crippen LogP contribution in [0.4, 0.5) is 0 Å². The van der Waals surface area contributed by atoms with E-state index in [0.29, 0.717) is 43.1 Å². The normalized spacial score (nSPS) is 11.1. The van der Waals surface area contributed by atoms with Gasteiger partial charge in [0.15, 0.2) is 29.9 Å². The molecule has 562 valence electrons. The maximum absolute atomic E-state index is 12.0. The van der Waals surface area contributed by atoms with E-state index in [2.05, 4.69) is 149 Å². The fraction of sp³-hybridized carbons (Fsp3) is 0.176. The molecule has 16 rings (SSSR count). The van der Waals surface area contributed by atoms with Crippen LogP contribution >= 0.6 is 0 Å². The van der Waals surface area contributed by atoms with Gasteiger partial charge in [0.1, 0.15) is 19.8 Å². The minimum atomic E-state index is -1.54. The number of aromatic nitrogens is 6. The molecular weight excluding hydrogens is 1390 g/mol. The number of aliphatic hydroxyl groups excluding tert-OH is 2. The second-order valence-electron chi connectivity index (χ2n) is 26.4. The van der Waals surface area contributed by atoms with E-state index in [4.69, 9.17) is 24.9 Å². The summed E-state index contributed by atoms with van der Waals surface area (Å²) in [6.45, 7) is 11.2. The largest absolute Gasteiger partial charge is 0.364 e. The van der Waals surface area contributed by atoms with Gasteiger partial charge in [-0.15, -0.1) is 0 Å². The second kappa shape index (κ2) is 38.7.